The Morgan fingerprint density at radius 2 is 2.23 bits per heavy atom. The van der Waals surface area contributed by atoms with Gasteiger partial charge in [0.05, 0.1) is 6.10 Å². The van der Waals surface area contributed by atoms with Gasteiger partial charge in [-0.15, -0.1) is 0 Å². The summed E-state index contributed by atoms with van der Waals surface area (Å²) in [5.74, 6) is 0.258. The number of aliphatic hydroxyl groups excluding tert-OH is 1. The van der Waals surface area contributed by atoms with Crippen molar-refractivity contribution in [2.24, 2.45) is 5.92 Å². The average Bonchev–Trinajstić information content (AvgIpc) is 2.51. The molecule has 1 aliphatic heterocycles. The molecule has 1 aromatic heterocycles. The summed E-state index contributed by atoms with van der Waals surface area (Å²) < 4.78 is 1.67. The topological polar surface area (TPSA) is 74.6 Å². The van der Waals surface area contributed by atoms with Gasteiger partial charge in [-0.25, -0.2) is 4.79 Å². The number of carbonyl (C=O) groups is 1. The zero-order valence-electron chi connectivity index (χ0n) is 13.1. The van der Waals surface area contributed by atoms with Crippen LogP contribution in [0.15, 0.2) is 29.2 Å². The van der Waals surface area contributed by atoms with Crippen molar-refractivity contribution in [2.75, 3.05) is 19.6 Å². The molecule has 2 atom stereocenters. The summed E-state index contributed by atoms with van der Waals surface area (Å²) in [6, 6.07) is 5.01. The standard InChI is InChI=1S/C16H25N3O3/c1-13-7-11-19(12-14(13)20)16(22)17-8-3-5-10-18-9-4-2-6-15(18)21/h2,4,6,9,13-14,20H,3,5,7-8,10-12H2,1H3,(H,17,22). The molecule has 1 aromatic rings. The molecule has 1 saturated heterocycles. The number of aliphatic hydroxyl groups is 1. The van der Waals surface area contributed by atoms with E-state index in [1.165, 1.54) is 0 Å². The van der Waals surface area contributed by atoms with Gasteiger partial charge in [0.2, 0.25) is 5.56 Å². The molecule has 2 heterocycles. The Hall–Kier alpha value is -1.82. The van der Waals surface area contributed by atoms with Crippen molar-refractivity contribution in [3.05, 3.63) is 34.7 Å². The minimum Gasteiger partial charge on any atom is -0.391 e. The zero-order chi connectivity index (χ0) is 15.9. The van der Waals surface area contributed by atoms with Crippen LogP contribution in [0.3, 0.4) is 0 Å². The normalized spacial score (nSPS) is 21.6. The molecule has 6 heteroatoms. The van der Waals surface area contributed by atoms with Crippen LogP contribution in [-0.2, 0) is 6.54 Å². The first kappa shape index (κ1) is 16.5. The van der Waals surface area contributed by atoms with Crippen molar-refractivity contribution in [1.82, 2.24) is 14.8 Å². The van der Waals surface area contributed by atoms with Crippen molar-refractivity contribution in [3.63, 3.8) is 0 Å². The average molecular weight is 307 g/mol. The number of β-amino-alcohol motifs (C(OH)–C–C–N with tert-alkyl or cyclic N) is 1. The first-order valence-corrected chi connectivity index (χ1v) is 7.94. The summed E-state index contributed by atoms with van der Waals surface area (Å²) >= 11 is 0. The maximum absolute atomic E-state index is 12.0. The lowest BCUT2D eigenvalue weighted by molar-refractivity contribution is 0.0436. The van der Waals surface area contributed by atoms with E-state index in [9.17, 15) is 14.7 Å². The fourth-order valence-electron chi connectivity index (χ4n) is 2.59. The smallest absolute Gasteiger partial charge is 0.317 e. The highest BCUT2D eigenvalue weighted by Gasteiger charge is 2.26. The second-order valence-corrected chi connectivity index (χ2v) is 5.95. The van der Waals surface area contributed by atoms with Crippen LogP contribution in [-0.4, -0.2) is 46.3 Å². The predicted molar refractivity (Wildman–Crippen MR) is 84.7 cm³/mol. The van der Waals surface area contributed by atoms with Crippen molar-refractivity contribution in [2.45, 2.75) is 38.8 Å². The van der Waals surface area contributed by atoms with Crippen molar-refractivity contribution >= 4 is 6.03 Å². The highest BCUT2D eigenvalue weighted by atomic mass is 16.3. The van der Waals surface area contributed by atoms with Crippen LogP contribution < -0.4 is 10.9 Å². The number of piperidine rings is 1. The van der Waals surface area contributed by atoms with Gasteiger partial charge in [-0.05, 0) is 31.2 Å². The van der Waals surface area contributed by atoms with E-state index < -0.39 is 6.10 Å². The molecule has 0 aliphatic carbocycles. The van der Waals surface area contributed by atoms with Crippen LogP contribution in [0.1, 0.15) is 26.2 Å². The fourth-order valence-corrected chi connectivity index (χ4v) is 2.59. The zero-order valence-corrected chi connectivity index (χ0v) is 13.1. The van der Waals surface area contributed by atoms with Crippen LogP contribution in [0.5, 0.6) is 0 Å². The largest absolute Gasteiger partial charge is 0.391 e. The number of carbonyl (C=O) groups excluding carboxylic acids is 1. The van der Waals surface area contributed by atoms with E-state index in [0.717, 1.165) is 19.3 Å². The van der Waals surface area contributed by atoms with Crippen LogP contribution >= 0.6 is 0 Å². The third-order valence-corrected chi connectivity index (χ3v) is 4.21. The number of unbranched alkanes of at least 4 members (excludes halogenated alkanes) is 1. The summed E-state index contributed by atoms with van der Waals surface area (Å²) in [6.45, 7) is 4.36. The fraction of sp³-hybridized carbons (Fsp3) is 0.625. The summed E-state index contributed by atoms with van der Waals surface area (Å²) in [6.07, 6.45) is 3.84. The first-order chi connectivity index (χ1) is 10.6. The Labute approximate surface area is 130 Å². The lowest BCUT2D eigenvalue weighted by Crippen LogP contribution is -2.49. The number of hydrogen-bond acceptors (Lipinski definition) is 3. The highest BCUT2D eigenvalue weighted by Crippen LogP contribution is 2.16. The molecule has 0 bridgehead atoms. The van der Waals surface area contributed by atoms with Crippen LogP contribution in [0.2, 0.25) is 0 Å². The lowest BCUT2D eigenvalue weighted by Gasteiger charge is -2.34. The van der Waals surface area contributed by atoms with E-state index in [4.69, 9.17) is 0 Å². The number of amides is 2. The maximum Gasteiger partial charge on any atom is 0.317 e. The lowest BCUT2D eigenvalue weighted by atomic mass is 9.96. The number of hydrogen-bond donors (Lipinski definition) is 2. The summed E-state index contributed by atoms with van der Waals surface area (Å²) in [5, 5.41) is 12.7. The molecular formula is C16H25N3O3. The molecule has 0 aromatic carbocycles. The molecule has 2 unspecified atom stereocenters. The minimum atomic E-state index is -0.426. The van der Waals surface area contributed by atoms with E-state index in [1.807, 2.05) is 13.0 Å². The molecular weight excluding hydrogens is 282 g/mol. The Morgan fingerprint density at radius 1 is 1.41 bits per heavy atom. The van der Waals surface area contributed by atoms with Crippen molar-refractivity contribution in [1.29, 1.82) is 0 Å². The van der Waals surface area contributed by atoms with Crippen LogP contribution in [0.25, 0.3) is 0 Å². The first-order valence-electron chi connectivity index (χ1n) is 7.94. The molecule has 2 rings (SSSR count). The third-order valence-electron chi connectivity index (χ3n) is 4.21. The summed E-state index contributed by atoms with van der Waals surface area (Å²) in [5.41, 5.74) is 0.00274. The maximum atomic E-state index is 12.0. The highest BCUT2D eigenvalue weighted by molar-refractivity contribution is 5.74. The number of nitrogens with one attached hydrogen (secondary N) is 1. The Kier molecular flexibility index (Phi) is 6.00. The molecule has 1 fully saturated rings. The van der Waals surface area contributed by atoms with Crippen LogP contribution in [0.4, 0.5) is 4.79 Å². The van der Waals surface area contributed by atoms with Gasteiger partial charge in [-0.1, -0.05) is 13.0 Å². The van der Waals surface area contributed by atoms with Gasteiger partial charge in [0.1, 0.15) is 0 Å². The molecule has 122 valence electrons. The molecule has 0 radical (unpaired) electrons. The van der Waals surface area contributed by atoms with E-state index in [-0.39, 0.29) is 17.5 Å². The molecule has 1 aliphatic rings. The van der Waals surface area contributed by atoms with Gasteiger partial charge in [0.15, 0.2) is 0 Å². The number of nitrogens with zero attached hydrogens (tertiary/aromatic N) is 2. The second-order valence-electron chi connectivity index (χ2n) is 5.95. The number of likely N-dealkylation sites (tertiary alicyclic amines) is 1. The molecule has 2 N–H and O–H groups in total. The summed E-state index contributed by atoms with van der Waals surface area (Å²) in [4.78, 5) is 25.2. The van der Waals surface area contributed by atoms with Gasteiger partial charge in [0.25, 0.3) is 0 Å². The number of pyridine rings is 1. The predicted octanol–water partition coefficient (Wildman–Crippen LogP) is 1.04. The molecule has 2 amide bonds. The monoisotopic (exact) mass is 307 g/mol. The SMILES string of the molecule is CC1CCN(C(=O)NCCCCn2ccccc2=O)CC1O. The van der Waals surface area contributed by atoms with Gasteiger partial charge in [-0.2, -0.15) is 0 Å². The van der Waals surface area contributed by atoms with Crippen LogP contribution in [0, 0.1) is 5.92 Å². The summed E-state index contributed by atoms with van der Waals surface area (Å²) in [7, 11) is 0. The number of rotatable bonds is 5. The van der Waals surface area contributed by atoms with E-state index in [0.29, 0.717) is 26.2 Å². The van der Waals surface area contributed by atoms with E-state index in [1.54, 1.807) is 27.8 Å². The van der Waals surface area contributed by atoms with Gasteiger partial charge >= 0.3 is 6.03 Å². The van der Waals surface area contributed by atoms with E-state index in [2.05, 4.69) is 5.32 Å². The minimum absolute atomic E-state index is 0.00274. The number of aromatic nitrogens is 1. The second kappa shape index (κ2) is 7.98. The van der Waals surface area contributed by atoms with E-state index >= 15 is 0 Å². The third kappa shape index (κ3) is 4.59. The molecule has 22 heavy (non-hydrogen) atoms. The molecule has 6 nitrogen and oxygen atoms in total. The number of urea groups is 1. The van der Waals surface area contributed by atoms with Crippen molar-refractivity contribution in [3.8, 4) is 0 Å². The quantitative estimate of drug-likeness (QED) is 0.798. The van der Waals surface area contributed by atoms with Gasteiger partial charge in [-0.3, -0.25) is 4.79 Å². The molecule has 0 spiro atoms. The Balaban J connectivity index is 1.63. The van der Waals surface area contributed by atoms with Gasteiger partial charge < -0.3 is 19.9 Å². The number of aryl methyl sites for hydroxylation is 1. The van der Waals surface area contributed by atoms with Gasteiger partial charge in [0, 0.05) is 38.4 Å². The Bertz CT molecular complexity index is 543. The Morgan fingerprint density at radius 3 is 2.95 bits per heavy atom. The molecule has 0 saturated carbocycles. The van der Waals surface area contributed by atoms with Crippen molar-refractivity contribution < 1.29 is 9.90 Å².